The number of benzene rings is 1. The molecule has 0 atom stereocenters. The molecule has 0 fully saturated rings. The number of rotatable bonds is 3. The van der Waals surface area contributed by atoms with E-state index in [2.05, 4.69) is 15.9 Å². The van der Waals surface area contributed by atoms with Gasteiger partial charge in [0.05, 0.1) is 5.75 Å². The first-order chi connectivity index (χ1) is 6.38. The zero-order chi connectivity index (χ0) is 10.8. The molecule has 0 saturated carbocycles. The van der Waals surface area contributed by atoms with Gasteiger partial charge in [0.15, 0.2) is 0 Å². The largest absolute Gasteiger partial charge is 0.302 e. The van der Waals surface area contributed by atoms with Gasteiger partial charge in [0.2, 0.25) is 0 Å². The molecule has 0 amide bonds. The highest BCUT2D eigenvalue weighted by atomic mass is 79.9. The van der Waals surface area contributed by atoms with E-state index in [0.29, 0.717) is 10.0 Å². The molecule has 78 valence electrons. The Kier molecular flexibility index (Phi) is 3.60. The van der Waals surface area contributed by atoms with E-state index in [-0.39, 0.29) is 6.42 Å². The van der Waals surface area contributed by atoms with Crippen molar-refractivity contribution in [2.24, 2.45) is 0 Å². The summed E-state index contributed by atoms with van der Waals surface area (Å²) in [5.74, 6) is -1.01. The van der Waals surface area contributed by atoms with Crippen LogP contribution in [0.2, 0.25) is 0 Å². The van der Waals surface area contributed by atoms with Crippen molar-refractivity contribution in [2.75, 3.05) is 5.75 Å². The topological polar surface area (TPSA) is 34.1 Å². The molecule has 0 unspecified atom stereocenters. The minimum absolute atomic E-state index is 0.0275. The quantitative estimate of drug-likeness (QED) is 0.799. The lowest BCUT2D eigenvalue weighted by atomic mass is 10.2. The van der Waals surface area contributed by atoms with Crippen molar-refractivity contribution < 1.29 is 16.7 Å². The summed E-state index contributed by atoms with van der Waals surface area (Å²) >= 11 is 3.06. The van der Waals surface area contributed by atoms with Gasteiger partial charge in [0.1, 0.15) is 5.82 Å². The van der Waals surface area contributed by atoms with Crippen LogP contribution in [0.5, 0.6) is 0 Å². The molecule has 0 aromatic heterocycles. The first-order valence-electron chi connectivity index (χ1n) is 3.75. The molecule has 1 rings (SSSR count). The molecule has 0 bridgehead atoms. The van der Waals surface area contributed by atoms with Gasteiger partial charge < -0.3 is 0 Å². The fraction of sp³-hybridized carbons (Fsp3) is 0.250. The third kappa shape index (κ3) is 3.71. The molecular weight excluding hydrogens is 278 g/mol. The van der Waals surface area contributed by atoms with Gasteiger partial charge in [0, 0.05) is 4.47 Å². The Morgan fingerprint density at radius 2 is 2.00 bits per heavy atom. The Labute approximate surface area is 89.3 Å². The molecule has 0 spiro atoms. The second-order valence-electron chi connectivity index (χ2n) is 2.73. The molecule has 6 heteroatoms. The maximum absolute atomic E-state index is 12.6. The van der Waals surface area contributed by atoms with Crippen LogP contribution < -0.4 is 0 Å². The molecule has 0 aliphatic heterocycles. The van der Waals surface area contributed by atoms with Gasteiger partial charge in [-0.3, -0.25) is 0 Å². The smallest absolute Gasteiger partial charge is 0.207 e. The Hall–Kier alpha value is -0.490. The SMILES string of the molecule is O=S(=O)(F)CCc1ccc(F)cc1Br. The molecule has 0 heterocycles. The van der Waals surface area contributed by atoms with Crippen LogP contribution in [-0.4, -0.2) is 14.2 Å². The van der Waals surface area contributed by atoms with Crippen molar-refractivity contribution in [1.82, 2.24) is 0 Å². The zero-order valence-corrected chi connectivity index (χ0v) is 9.41. The van der Waals surface area contributed by atoms with Gasteiger partial charge in [-0.25, -0.2) is 4.39 Å². The van der Waals surface area contributed by atoms with E-state index in [9.17, 15) is 16.7 Å². The normalized spacial score (nSPS) is 11.6. The van der Waals surface area contributed by atoms with E-state index in [4.69, 9.17) is 0 Å². The molecule has 0 saturated heterocycles. The summed E-state index contributed by atoms with van der Waals surface area (Å²) < 4.78 is 45.7. The molecule has 14 heavy (non-hydrogen) atoms. The summed E-state index contributed by atoms with van der Waals surface area (Å²) in [6, 6.07) is 3.83. The van der Waals surface area contributed by atoms with Gasteiger partial charge >= 0.3 is 10.2 Å². The van der Waals surface area contributed by atoms with Gasteiger partial charge in [-0.05, 0) is 24.1 Å². The average Bonchev–Trinajstić information content (AvgIpc) is 2.00. The first kappa shape index (κ1) is 11.6. The van der Waals surface area contributed by atoms with Gasteiger partial charge in [-0.1, -0.05) is 22.0 Å². The Balaban J connectivity index is 2.78. The van der Waals surface area contributed by atoms with Crippen molar-refractivity contribution in [2.45, 2.75) is 6.42 Å². The second kappa shape index (κ2) is 4.35. The number of aryl methyl sites for hydroxylation is 1. The summed E-state index contributed by atoms with van der Waals surface area (Å²) in [7, 11) is -4.46. The Morgan fingerprint density at radius 3 is 2.50 bits per heavy atom. The summed E-state index contributed by atoms with van der Waals surface area (Å²) in [4.78, 5) is 0. The monoisotopic (exact) mass is 284 g/mol. The zero-order valence-electron chi connectivity index (χ0n) is 7.00. The molecule has 2 nitrogen and oxygen atoms in total. The van der Waals surface area contributed by atoms with E-state index in [0.717, 1.165) is 0 Å². The molecular formula is C8H7BrF2O2S. The van der Waals surface area contributed by atoms with Crippen LogP contribution in [0.3, 0.4) is 0 Å². The predicted octanol–water partition coefficient (Wildman–Crippen LogP) is 2.43. The van der Waals surface area contributed by atoms with E-state index < -0.39 is 21.8 Å². The maximum Gasteiger partial charge on any atom is 0.302 e. The third-order valence-electron chi connectivity index (χ3n) is 1.63. The third-order valence-corrected chi connectivity index (χ3v) is 3.06. The fourth-order valence-corrected chi connectivity index (χ4v) is 1.97. The summed E-state index contributed by atoms with van der Waals surface area (Å²) in [6.45, 7) is 0. The van der Waals surface area contributed by atoms with Crippen molar-refractivity contribution in [3.8, 4) is 0 Å². The number of hydrogen-bond donors (Lipinski definition) is 0. The van der Waals surface area contributed by atoms with Crippen LogP contribution in [0.15, 0.2) is 22.7 Å². The van der Waals surface area contributed by atoms with Crippen molar-refractivity contribution >= 4 is 26.2 Å². The van der Waals surface area contributed by atoms with Crippen LogP contribution >= 0.6 is 15.9 Å². The first-order valence-corrected chi connectivity index (χ1v) is 6.09. The molecule has 1 aromatic carbocycles. The maximum atomic E-state index is 12.6. The van der Waals surface area contributed by atoms with E-state index in [1.807, 2.05) is 0 Å². The standard InChI is InChI=1S/C8H7BrF2O2S/c9-8-5-7(10)2-1-6(8)3-4-14(11,12)13/h1-2,5H,3-4H2. The number of halogens is 3. The highest BCUT2D eigenvalue weighted by Gasteiger charge is 2.09. The average molecular weight is 285 g/mol. The molecule has 0 aliphatic carbocycles. The predicted molar refractivity (Wildman–Crippen MR) is 52.7 cm³/mol. The van der Waals surface area contributed by atoms with Crippen LogP contribution in [0, 0.1) is 5.82 Å². The minimum atomic E-state index is -4.46. The molecule has 0 aliphatic rings. The van der Waals surface area contributed by atoms with E-state index in [1.54, 1.807) is 0 Å². The Bertz CT molecular complexity index is 431. The van der Waals surface area contributed by atoms with Crippen molar-refractivity contribution in [1.29, 1.82) is 0 Å². The summed E-state index contributed by atoms with van der Waals surface area (Å²) in [5.41, 5.74) is 0.563. The van der Waals surface area contributed by atoms with Gasteiger partial charge in [-0.15, -0.1) is 3.89 Å². The molecule has 0 radical (unpaired) electrons. The van der Waals surface area contributed by atoms with Crippen LogP contribution in [0.1, 0.15) is 5.56 Å². The Morgan fingerprint density at radius 1 is 1.36 bits per heavy atom. The minimum Gasteiger partial charge on any atom is -0.207 e. The molecule has 0 N–H and O–H groups in total. The van der Waals surface area contributed by atoms with Crippen LogP contribution in [0.25, 0.3) is 0 Å². The van der Waals surface area contributed by atoms with Crippen molar-refractivity contribution in [3.05, 3.63) is 34.1 Å². The molecule has 1 aromatic rings. The van der Waals surface area contributed by atoms with Gasteiger partial charge in [-0.2, -0.15) is 8.42 Å². The lowest BCUT2D eigenvalue weighted by molar-refractivity contribution is 0.551. The summed E-state index contributed by atoms with van der Waals surface area (Å²) in [6.07, 6.45) is 0.0275. The van der Waals surface area contributed by atoms with Gasteiger partial charge in [0.25, 0.3) is 0 Å². The van der Waals surface area contributed by atoms with E-state index in [1.165, 1.54) is 18.2 Å². The van der Waals surface area contributed by atoms with Crippen molar-refractivity contribution in [3.63, 3.8) is 0 Å². The lowest BCUT2D eigenvalue weighted by Gasteiger charge is -2.01. The van der Waals surface area contributed by atoms with Crippen LogP contribution in [0.4, 0.5) is 8.28 Å². The van der Waals surface area contributed by atoms with E-state index >= 15 is 0 Å². The highest BCUT2D eigenvalue weighted by molar-refractivity contribution is 9.10. The lowest BCUT2D eigenvalue weighted by Crippen LogP contribution is -2.02. The highest BCUT2D eigenvalue weighted by Crippen LogP contribution is 2.19. The fourth-order valence-electron chi connectivity index (χ4n) is 0.956. The summed E-state index contributed by atoms with van der Waals surface area (Å²) in [5, 5.41) is 0. The number of hydrogen-bond acceptors (Lipinski definition) is 2. The van der Waals surface area contributed by atoms with Crippen LogP contribution in [-0.2, 0) is 16.6 Å². The second-order valence-corrected chi connectivity index (χ2v) is 5.07.